The van der Waals surface area contributed by atoms with Gasteiger partial charge in [0.15, 0.2) is 0 Å². The number of aromatic nitrogens is 2. The number of aryl methyl sites for hydroxylation is 2. The second-order valence-corrected chi connectivity index (χ2v) is 5.49. The van der Waals surface area contributed by atoms with E-state index in [0.717, 1.165) is 24.5 Å². The summed E-state index contributed by atoms with van der Waals surface area (Å²) in [7, 11) is 1.80. The lowest BCUT2D eigenvalue weighted by molar-refractivity contribution is 0.0928. The van der Waals surface area contributed by atoms with Crippen LogP contribution in [0, 0.1) is 12.8 Å². The first kappa shape index (κ1) is 14.7. The van der Waals surface area contributed by atoms with Crippen molar-refractivity contribution < 1.29 is 4.79 Å². The highest BCUT2D eigenvalue weighted by molar-refractivity contribution is 5.92. The van der Waals surface area contributed by atoms with Crippen molar-refractivity contribution in [3.05, 3.63) is 17.5 Å². The Morgan fingerprint density at radius 3 is 2.56 bits per heavy atom. The molecule has 18 heavy (non-hydrogen) atoms. The predicted octanol–water partition coefficient (Wildman–Crippen LogP) is 2.67. The summed E-state index contributed by atoms with van der Waals surface area (Å²) in [4.78, 5) is 12.0. The van der Waals surface area contributed by atoms with Crippen LogP contribution in [-0.4, -0.2) is 21.7 Å². The van der Waals surface area contributed by atoms with Crippen LogP contribution >= 0.6 is 0 Å². The third-order valence-electron chi connectivity index (χ3n) is 3.03. The van der Waals surface area contributed by atoms with Crippen LogP contribution in [0.3, 0.4) is 0 Å². The molecule has 0 aliphatic carbocycles. The van der Waals surface area contributed by atoms with E-state index in [1.54, 1.807) is 11.7 Å². The van der Waals surface area contributed by atoms with Crippen LogP contribution in [0.1, 0.15) is 56.2 Å². The molecule has 4 heteroatoms. The van der Waals surface area contributed by atoms with Gasteiger partial charge in [0.1, 0.15) is 5.69 Å². The van der Waals surface area contributed by atoms with Gasteiger partial charge in [-0.15, -0.1) is 0 Å². The molecule has 1 N–H and O–H groups in total. The SMILES string of the molecule is Cc1cc(C(=O)NC(C)CCCC(C)C)n(C)n1. The van der Waals surface area contributed by atoms with E-state index in [-0.39, 0.29) is 11.9 Å². The fourth-order valence-electron chi connectivity index (χ4n) is 2.03. The predicted molar refractivity (Wildman–Crippen MR) is 73.6 cm³/mol. The van der Waals surface area contributed by atoms with Gasteiger partial charge < -0.3 is 5.32 Å². The zero-order valence-corrected chi connectivity index (χ0v) is 12.2. The molecular weight excluding hydrogens is 226 g/mol. The van der Waals surface area contributed by atoms with E-state index in [1.807, 2.05) is 13.0 Å². The highest BCUT2D eigenvalue weighted by Crippen LogP contribution is 2.09. The fraction of sp³-hybridized carbons (Fsp3) is 0.714. The molecule has 102 valence electrons. The van der Waals surface area contributed by atoms with Crippen molar-refractivity contribution in [3.8, 4) is 0 Å². The minimum atomic E-state index is -0.0323. The normalized spacial score (nSPS) is 12.8. The Bertz CT molecular complexity index is 396. The van der Waals surface area contributed by atoms with Gasteiger partial charge in [-0.2, -0.15) is 5.10 Å². The second kappa shape index (κ2) is 6.57. The number of amides is 1. The van der Waals surface area contributed by atoms with E-state index in [0.29, 0.717) is 5.69 Å². The van der Waals surface area contributed by atoms with Crippen LogP contribution < -0.4 is 5.32 Å². The number of carbonyl (C=O) groups is 1. The average molecular weight is 251 g/mol. The smallest absolute Gasteiger partial charge is 0.269 e. The number of hydrogen-bond donors (Lipinski definition) is 1. The molecule has 1 atom stereocenters. The Morgan fingerprint density at radius 1 is 1.39 bits per heavy atom. The average Bonchev–Trinajstić information content (AvgIpc) is 2.57. The van der Waals surface area contributed by atoms with Crippen molar-refractivity contribution in [2.45, 2.75) is 53.0 Å². The number of rotatable bonds is 6. The molecule has 0 bridgehead atoms. The summed E-state index contributed by atoms with van der Waals surface area (Å²) >= 11 is 0. The molecule has 0 fully saturated rings. The number of carbonyl (C=O) groups excluding carboxylic acids is 1. The summed E-state index contributed by atoms with van der Waals surface area (Å²) < 4.78 is 1.63. The highest BCUT2D eigenvalue weighted by Gasteiger charge is 2.14. The summed E-state index contributed by atoms with van der Waals surface area (Å²) in [6.45, 7) is 8.40. The van der Waals surface area contributed by atoms with Crippen molar-refractivity contribution >= 4 is 5.91 Å². The minimum absolute atomic E-state index is 0.0323. The van der Waals surface area contributed by atoms with Gasteiger partial charge in [-0.05, 0) is 32.3 Å². The largest absolute Gasteiger partial charge is 0.348 e. The molecule has 0 aliphatic heterocycles. The van der Waals surface area contributed by atoms with Crippen LogP contribution in [-0.2, 0) is 7.05 Å². The molecule has 4 nitrogen and oxygen atoms in total. The molecular formula is C14H25N3O. The zero-order chi connectivity index (χ0) is 13.7. The van der Waals surface area contributed by atoms with Gasteiger partial charge in [-0.25, -0.2) is 0 Å². The molecule has 0 aliphatic rings. The van der Waals surface area contributed by atoms with Crippen molar-refractivity contribution in [2.75, 3.05) is 0 Å². The van der Waals surface area contributed by atoms with Gasteiger partial charge in [0.25, 0.3) is 5.91 Å². The Morgan fingerprint density at radius 2 is 2.06 bits per heavy atom. The van der Waals surface area contributed by atoms with E-state index in [4.69, 9.17) is 0 Å². The molecule has 0 spiro atoms. The van der Waals surface area contributed by atoms with E-state index in [9.17, 15) is 4.79 Å². The van der Waals surface area contributed by atoms with Gasteiger partial charge in [-0.1, -0.05) is 26.7 Å². The van der Waals surface area contributed by atoms with Crippen LogP contribution in [0.25, 0.3) is 0 Å². The molecule has 1 amide bonds. The lowest BCUT2D eigenvalue weighted by atomic mass is 10.0. The second-order valence-electron chi connectivity index (χ2n) is 5.49. The standard InChI is InChI=1S/C14H25N3O/c1-10(2)7-6-8-11(3)15-14(18)13-9-12(4)16-17(13)5/h9-11H,6-8H2,1-5H3,(H,15,18). The number of hydrogen-bond acceptors (Lipinski definition) is 2. The molecule has 1 aromatic rings. The molecule has 0 saturated heterocycles. The molecule has 1 unspecified atom stereocenters. The Balaban J connectivity index is 2.42. The van der Waals surface area contributed by atoms with Crippen molar-refractivity contribution in [1.82, 2.24) is 15.1 Å². The monoisotopic (exact) mass is 251 g/mol. The topological polar surface area (TPSA) is 46.9 Å². The van der Waals surface area contributed by atoms with Gasteiger partial charge in [-0.3, -0.25) is 9.48 Å². The lowest BCUT2D eigenvalue weighted by Crippen LogP contribution is -2.33. The maximum Gasteiger partial charge on any atom is 0.269 e. The van der Waals surface area contributed by atoms with Crippen LogP contribution in [0.5, 0.6) is 0 Å². The van der Waals surface area contributed by atoms with Gasteiger partial charge in [0, 0.05) is 13.1 Å². The number of nitrogens with zero attached hydrogens (tertiary/aromatic N) is 2. The van der Waals surface area contributed by atoms with Crippen molar-refractivity contribution in [2.24, 2.45) is 13.0 Å². The van der Waals surface area contributed by atoms with E-state index in [2.05, 4.69) is 31.2 Å². The van der Waals surface area contributed by atoms with Crippen molar-refractivity contribution in [3.63, 3.8) is 0 Å². The maximum absolute atomic E-state index is 12.0. The lowest BCUT2D eigenvalue weighted by Gasteiger charge is -2.14. The van der Waals surface area contributed by atoms with Gasteiger partial charge in [0.05, 0.1) is 5.69 Å². The maximum atomic E-state index is 12.0. The summed E-state index contributed by atoms with van der Waals surface area (Å²) in [5, 5.41) is 7.20. The summed E-state index contributed by atoms with van der Waals surface area (Å²) in [6, 6.07) is 2.03. The van der Waals surface area contributed by atoms with E-state index >= 15 is 0 Å². The first-order valence-corrected chi connectivity index (χ1v) is 6.71. The highest BCUT2D eigenvalue weighted by atomic mass is 16.2. The quantitative estimate of drug-likeness (QED) is 0.845. The van der Waals surface area contributed by atoms with Crippen LogP contribution in [0.2, 0.25) is 0 Å². The van der Waals surface area contributed by atoms with E-state index < -0.39 is 0 Å². The Hall–Kier alpha value is -1.32. The van der Waals surface area contributed by atoms with Crippen LogP contribution in [0.15, 0.2) is 6.07 Å². The van der Waals surface area contributed by atoms with Gasteiger partial charge in [0.2, 0.25) is 0 Å². The van der Waals surface area contributed by atoms with Crippen molar-refractivity contribution in [1.29, 1.82) is 0 Å². The molecule has 0 saturated carbocycles. The molecule has 1 heterocycles. The third kappa shape index (κ3) is 4.51. The zero-order valence-electron chi connectivity index (χ0n) is 12.2. The minimum Gasteiger partial charge on any atom is -0.348 e. The molecule has 1 aromatic heterocycles. The first-order valence-electron chi connectivity index (χ1n) is 6.71. The Kier molecular flexibility index (Phi) is 5.38. The summed E-state index contributed by atoms with van der Waals surface area (Å²) in [5.41, 5.74) is 1.50. The molecule has 0 aromatic carbocycles. The molecule has 1 rings (SSSR count). The van der Waals surface area contributed by atoms with Crippen LogP contribution in [0.4, 0.5) is 0 Å². The molecule has 0 radical (unpaired) electrons. The summed E-state index contributed by atoms with van der Waals surface area (Å²) in [6.07, 6.45) is 3.40. The fourth-order valence-corrected chi connectivity index (χ4v) is 2.03. The summed E-state index contributed by atoms with van der Waals surface area (Å²) in [5.74, 6) is 0.697. The Labute approximate surface area is 110 Å². The number of nitrogens with one attached hydrogen (secondary N) is 1. The van der Waals surface area contributed by atoms with E-state index in [1.165, 1.54) is 6.42 Å². The first-order chi connectivity index (χ1) is 8.40. The van der Waals surface area contributed by atoms with Gasteiger partial charge >= 0.3 is 0 Å². The third-order valence-corrected chi connectivity index (χ3v) is 3.03.